The van der Waals surface area contributed by atoms with Gasteiger partial charge in [-0.15, -0.1) is 0 Å². The van der Waals surface area contributed by atoms with Crippen LogP contribution in [0.1, 0.15) is 37.2 Å². The highest BCUT2D eigenvalue weighted by atomic mass is 16.5. The molecule has 1 atom stereocenters. The van der Waals surface area contributed by atoms with Gasteiger partial charge in [-0.3, -0.25) is 0 Å². The van der Waals surface area contributed by atoms with E-state index in [2.05, 4.69) is 5.32 Å². The molecule has 4 nitrogen and oxygen atoms in total. The Bertz CT molecular complexity index is 385. The van der Waals surface area contributed by atoms with Crippen LogP contribution in [-0.4, -0.2) is 42.6 Å². The van der Waals surface area contributed by atoms with E-state index in [1.165, 1.54) is 5.56 Å². The molecule has 0 saturated heterocycles. The van der Waals surface area contributed by atoms with E-state index < -0.39 is 6.10 Å². The standard InChI is InChI=1S/C16H25NO3/c1-20-11-16(19)10-17-14-6-2-12(3-7-14)13-4-8-15(18)9-5-13/h4-5,8-9,12,14,16-19H,2-3,6-7,10-11H2,1H3. The molecule has 1 aromatic rings. The monoisotopic (exact) mass is 279 g/mol. The van der Waals surface area contributed by atoms with Crippen molar-refractivity contribution in [2.24, 2.45) is 0 Å². The summed E-state index contributed by atoms with van der Waals surface area (Å²) in [4.78, 5) is 0. The second-order valence-electron chi connectivity index (χ2n) is 5.66. The number of aliphatic hydroxyl groups excluding tert-OH is 1. The average molecular weight is 279 g/mol. The Labute approximate surface area is 120 Å². The van der Waals surface area contributed by atoms with Gasteiger partial charge in [0.1, 0.15) is 5.75 Å². The smallest absolute Gasteiger partial charge is 0.115 e. The van der Waals surface area contributed by atoms with Gasteiger partial charge in [0, 0.05) is 19.7 Å². The second-order valence-corrected chi connectivity index (χ2v) is 5.66. The molecule has 1 fully saturated rings. The number of hydrogen-bond acceptors (Lipinski definition) is 4. The maximum atomic E-state index is 9.62. The van der Waals surface area contributed by atoms with Crippen LogP contribution >= 0.6 is 0 Å². The first-order chi connectivity index (χ1) is 9.69. The van der Waals surface area contributed by atoms with Crippen molar-refractivity contribution >= 4 is 0 Å². The predicted octanol–water partition coefficient (Wildman–Crippen LogP) is 2.02. The molecule has 0 bridgehead atoms. The Morgan fingerprint density at radius 1 is 1.20 bits per heavy atom. The number of benzene rings is 1. The van der Waals surface area contributed by atoms with Gasteiger partial charge in [-0.25, -0.2) is 0 Å². The molecule has 0 spiro atoms. The molecule has 112 valence electrons. The van der Waals surface area contributed by atoms with Gasteiger partial charge in [-0.05, 0) is 49.3 Å². The number of aliphatic hydroxyl groups is 1. The van der Waals surface area contributed by atoms with Crippen LogP contribution in [0.15, 0.2) is 24.3 Å². The minimum atomic E-state index is -0.421. The molecule has 4 heteroatoms. The highest BCUT2D eigenvalue weighted by molar-refractivity contribution is 5.28. The molecule has 1 aromatic carbocycles. The molecular weight excluding hydrogens is 254 g/mol. The summed E-state index contributed by atoms with van der Waals surface area (Å²) in [6, 6.07) is 8.07. The van der Waals surface area contributed by atoms with Crippen molar-refractivity contribution in [1.29, 1.82) is 0 Å². The van der Waals surface area contributed by atoms with Crippen molar-refractivity contribution in [2.45, 2.75) is 43.7 Å². The van der Waals surface area contributed by atoms with E-state index in [9.17, 15) is 10.2 Å². The molecule has 1 unspecified atom stereocenters. The Morgan fingerprint density at radius 2 is 1.85 bits per heavy atom. The maximum Gasteiger partial charge on any atom is 0.115 e. The molecular formula is C16H25NO3. The maximum absolute atomic E-state index is 9.62. The van der Waals surface area contributed by atoms with Crippen molar-refractivity contribution < 1.29 is 14.9 Å². The zero-order valence-electron chi connectivity index (χ0n) is 12.1. The fourth-order valence-corrected chi connectivity index (χ4v) is 2.93. The lowest BCUT2D eigenvalue weighted by Crippen LogP contribution is -2.39. The van der Waals surface area contributed by atoms with Crippen LogP contribution in [0.3, 0.4) is 0 Å². The van der Waals surface area contributed by atoms with E-state index in [0.717, 1.165) is 25.7 Å². The predicted molar refractivity (Wildman–Crippen MR) is 79.0 cm³/mol. The highest BCUT2D eigenvalue weighted by Crippen LogP contribution is 2.33. The topological polar surface area (TPSA) is 61.7 Å². The lowest BCUT2D eigenvalue weighted by Gasteiger charge is -2.30. The fourth-order valence-electron chi connectivity index (χ4n) is 2.93. The van der Waals surface area contributed by atoms with Gasteiger partial charge in [0.2, 0.25) is 0 Å². The summed E-state index contributed by atoms with van der Waals surface area (Å²) >= 11 is 0. The van der Waals surface area contributed by atoms with E-state index in [1.807, 2.05) is 12.1 Å². The highest BCUT2D eigenvalue weighted by Gasteiger charge is 2.22. The lowest BCUT2D eigenvalue weighted by molar-refractivity contribution is 0.0615. The fraction of sp³-hybridized carbons (Fsp3) is 0.625. The van der Waals surface area contributed by atoms with Crippen LogP contribution in [0.4, 0.5) is 0 Å². The van der Waals surface area contributed by atoms with Crippen molar-refractivity contribution in [3.05, 3.63) is 29.8 Å². The summed E-state index contributed by atoms with van der Waals surface area (Å²) in [6.45, 7) is 0.984. The molecule has 2 rings (SSSR count). The molecule has 20 heavy (non-hydrogen) atoms. The van der Waals surface area contributed by atoms with Crippen LogP contribution in [-0.2, 0) is 4.74 Å². The third kappa shape index (κ3) is 4.47. The summed E-state index contributed by atoms with van der Waals surface area (Å²) in [5, 5.41) is 22.4. The number of phenols is 1. The first kappa shape index (κ1) is 15.3. The Balaban J connectivity index is 1.73. The zero-order valence-corrected chi connectivity index (χ0v) is 12.1. The summed E-state index contributed by atoms with van der Waals surface area (Å²) in [5.41, 5.74) is 1.32. The largest absolute Gasteiger partial charge is 0.508 e. The van der Waals surface area contributed by atoms with Crippen molar-refractivity contribution in [3.63, 3.8) is 0 Å². The molecule has 1 aliphatic rings. The number of methoxy groups -OCH3 is 1. The number of hydrogen-bond donors (Lipinski definition) is 3. The average Bonchev–Trinajstić information content (AvgIpc) is 2.47. The third-order valence-electron chi connectivity index (χ3n) is 4.09. The van der Waals surface area contributed by atoms with Gasteiger partial charge in [0.05, 0.1) is 12.7 Å². The number of rotatable bonds is 6. The molecule has 0 amide bonds. The molecule has 1 saturated carbocycles. The molecule has 0 heterocycles. The summed E-state index contributed by atoms with van der Waals surface area (Å²) < 4.78 is 4.92. The van der Waals surface area contributed by atoms with E-state index in [1.54, 1.807) is 19.2 Å². The summed E-state index contributed by atoms with van der Waals surface area (Å²) in [5.74, 6) is 0.925. The first-order valence-electron chi connectivity index (χ1n) is 7.38. The van der Waals surface area contributed by atoms with Crippen molar-refractivity contribution in [1.82, 2.24) is 5.32 Å². The van der Waals surface area contributed by atoms with Crippen molar-refractivity contribution in [3.8, 4) is 5.75 Å². The van der Waals surface area contributed by atoms with E-state index in [-0.39, 0.29) is 0 Å². The molecule has 0 radical (unpaired) electrons. The molecule has 0 aromatic heterocycles. The summed E-state index contributed by atoms with van der Waals surface area (Å²) in [6.07, 6.45) is 4.15. The summed E-state index contributed by atoms with van der Waals surface area (Å²) in [7, 11) is 1.60. The third-order valence-corrected chi connectivity index (χ3v) is 4.09. The van der Waals surface area contributed by atoms with Gasteiger partial charge in [0.15, 0.2) is 0 Å². The van der Waals surface area contributed by atoms with E-state index in [0.29, 0.717) is 30.9 Å². The normalized spacial score (nSPS) is 24.5. The number of phenolic OH excluding ortho intramolecular Hbond substituents is 1. The minimum Gasteiger partial charge on any atom is -0.508 e. The van der Waals surface area contributed by atoms with Gasteiger partial charge >= 0.3 is 0 Å². The van der Waals surface area contributed by atoms with E-state index in [4.69, 9.17) is 4.74 Å². The minimum absolute atomic E-state index is 0.330. The van der Waals surface area contributed by atoms with Crippen molar-refractivity contribution in [2.75, 3.05) is 20.3 Å². The lowest BCUT2D eigenvalue weighted by atomic mass is 9.81. The second kappa shape index (κ2) is 7.62. The Hall–Kier alpha value is -1.10. The number of nitrogens with one attached hydrogen (secondary N) is 1. The molecule has 1 aliphatic carbocycles. The molecule has 3 N–H and O–H groups in total. The first-order valence-corrected chi connectivity index (χ1v) is 7.38. The quantitative estimate of drug-likeness (QED) is 0.745. The Kier molecular flexibility index (Phi) is 5.83. The van der Waals surface area contributed by atoms with Crippen LogP contribution < -0.4 is 5.32 Å². The van der Waals surface area contributed by atoms with Crippen LogP contribution in [0.25, 0.3) is 0 Å². The Morgan fingerprint density at radius 3 is 2.45 bits per heavy atom. The number of ether oxygens (including phenoxy) is 1. The number of aromatic hydroxyl groups is 1. The van der Waals surface area contributed by atoms with Gasteiger partial charge in [-0.2, -0.15) is 0 Å². The van der Waals surface area contributed by atoms with Crippen LogP contribution in [0.5, 0.6) is 5.75 Å². The zero-order chi connectivity index (χ0) is 14.4. The molecule has 0 aliphatic heterocycles. The van der Waals surface area contributed by atoms with Gasteiger partial charge < -0.3 is 20.3 Å². The van der Waals surface area contributed by atoms with Gasteiger partial charge in [0.25, 0.3) is 0 Å². The van der Waals surface area contributed by atoms with E-state index >= 15 is 0 Å². The SMILES string of the molecule is COCC(O)CNC1CCC(c2ccc(O)cc2)CC1. The van der Waals surface area contributed by atoms with Crippen LogP contribution in [0.2, 0.25) is 0 Å². The van der Waals surface area contributed by atoms with Crippen LogP contribution in [0, 0.1) is 0 Å². The van der Waals surface area contributed by atoms with Gasteiger partial charge in [-0.1, -0.05) is 12.1 Å².